The largest absolute Gasteiger partial charge is 0.489 e. The molecule has 0 radical (unpaired) electrons. The topological polar surface area (TPSA) is 86.0 Å². The summed E-state index contributed by atoms with van der Waals surface area (Å²) in [4.78, 5) is 12.3. The SMILES string of the molecule is CC(C)Oc1cncc(C(NN)c2ccncn2)c1. The molecule has 6 heteroatoms. The van der Waals surface area contributed by atoms with Gasteiger partial charge in [-0.2, -0.15) is 0 Å². The first-order chi connectivity index (χ1) is 9.20. The molecule has 2 aromatic heterocycles. The molecule has 0 saturated carbocycles. The number of hydrazine groups is 1. The number of nitrogens with one attached hydrogen (secondary N) is 1. The summed E-state index contributed by atoms with van der Waals surface area (Å²) in [6, 6.07) is 3.46. The summed E-state index contributed by atoms with van der Waals surface area (Å²) < 4.78 is 5.62. The first-order valence-electron chi connectivity index (χ1n) is 6.04. The Morgan fingerprint density at radius 1 is 1.26 bits per heavy atom. The Hall–Kier alpha value is -2.05. The van der Waals surface area contributed by atoms with Crippen molar-refractivity contribution in [3.8, 4) is 5.75 Å². The quantitative estimate of drug-likeness (QED) is 0.620. The Morgan fingerprint density at radius 3 is 2.74 bits per heavy atom. The lowest BCUT2D eigenvalue weighted by atomic mass is 10.1. The van der Waals surface area contributed by atoms with Crippen molar-refractivity contribution in [2.24, 2.45) is 5.84 Å². The van der Waals surface area contributed by atoms with Crippen LogP contribution in [0, 0.1) is 0 Å². The molecule has 0 aliphatic carbocycles. The number of nitrogens with zero attached hydrogens (tertiary/aromatic N) is 3. The summed E-state index contributed by atoms with van der Waals surface area (Å²) in [5, 5.41) is 0. The van der Waals surface area contributed by atoms with Crippen LogP contribution in [0.2, 0.25) is 0 Å². The molecule has 0 bridgehead atoms. The van der Waals surface area contributed by atoms with Crippen LogP contribution in [0.15, 0.2) is 37.1 Å². The van der Waals surface area contributed by atoms with Crippen LogP contribution in [0.1, 0.15) is 31.1 Å². The van der Waals surface area contributed by atoms with Gasteiger partial charge in [-0.05, 0) is 31.5 Å². The van der Waals surface area contributed by atoms with Crippen LogP contribution in [0.4, 0.5) is 0 Å². The minimum atomic E-state index is -0.244. The minimum Gasteiger partial charge on any atom is -0.489 e. The second-order valence-electron chi connectivity index (χ2n) is 4.35. The van der Waals surface area contributed by atoms with Crippen molar-refractivity contribution in [2.45, 2.75) is 26.0 Å². The Labute approximate surface area is 112 Å². The van der Waals surface area contributed by atoms with Crippen molar-refractivity contribution in [1.29, 1.82) is 0 Å². The van der Waals surface area contributed by atoms with Crippen LogP contribution in [-0.2, 0) is 0 Å². The second-order valence-corrected chi connectivity index (χ2v) is 4.35. The third kappa shape index (κ3) is 3.46. The van der Waals surface area contributed by atoms with E-state index in [4.69, 9.17) is 10.6 Å². The highest BCUT2D eigenvalue weighted by Crippen LogP contribution is 2.22. The molecule has 0 saturated heterocycles. The molecule has 3 N–H and O–H groups in total. The maximum atomic E-state index is 5.62. The average Bonchev–Trinajstić information content (AvgIpc) is 2.40. The maximum Gasteiger partial charge on any atom is 0.138 e. The van der Waals surface area contributed by atoms with Gasteiger partial charge in [0.25, 0.3) is 0 Å². The van der Waals surface area contributed by atoms with Gasteiger partial charge >= 0.3 is 0 Å². The van der Waals surface area contributed by atoms with E-state index >= 15 is 0 Å². The molecular weight excluding hydrogens is 242 g/mol. The molecule has 6 nitrogen and oxygen atoms in total. The van der Waals surface area contributed by atoms with Gasteiger partial charge in [-0.25, -0.2) is 15.4 Å². The molecule has 2 rings (SSSR count). The van der Waals surface area contributed by atoms with E-state index in [1.807, 2.05) is 19.9 Å². The van der Waals surface area contributed by atoms with Crippen LogP contribution in [0.3, 0.4) is 0 Å². The zero-order valence-electron chi connectivity index (χ0n) is 10.9. The fraction of sp³-hybridized carbons (Fsp3) is 0.308. The van der Waals surface area contributed by atoms with Crippen molar-refractivity contribution < 1.29 is 4.74 Å². The normalized spacial score (nSPS) is 12.4. The van der Waals surface area contributed by atoms with Gasteiger partial charge in [0.1, 0.15) is 12.1 Å². The van der Waals surface area contributed by atoms with Crippen LogP contribution < -0.4 is 16.0 Å². The second kappa shape index (κ2) is 6.21. The first-order valence-corrected chi connectivity index (χ1v) is 6.04. The summed E-state index contributed by atoms with van der Waals surface area (Å²) in [7, 11) is 0. The smallest absolute Gasteiger partial charge is 0.138 e. The van der Waals surface area contributed by atoms with E-state index in [0.717, 1.165) is 11.3 Å². The molecule has 0 fully saturated rings. The fourth-order valence-electron chi connectivity index (χ4n) is 1.75. The number of aromatic nitrogens is 3. The molecule has 0 spiro atoms. The summed E-state index contributed by atoms with van der Waals surface area (Å²) in [5.41, 5.74) is 4.40. The Bertz CT molecular complexity index is 517. The molecular formula is C13H17N5O. The first kappa shape index (κ1) is 13.4. The third-order valence-electron chi connectivity index (χ3n) is 2.51. The van der Waals surface area contributed by atoms with Gasteiger partial charge in [-0.15, -0.1) is 0 Å². The van der Waals surface area contributed by atoms with Crippen LogP contribution >= 0.6 is 0 Å². The standard InChI is InChI=1S/C13H17N5O/c1-9(2)19-11-5-10(6-16-7-11)13(18-14)12-3-4-15-8-17-12/h3-9,13,18H,14H2,1-2H3. The Balaban J connectivity index is 2.28. The highest BCUT2D eigenvalue weighted by molar-refractivity contribution is 5.30. The van der Waals surface area contributed by atoms with E-state index in [1.165, 1.54) is 6.33 Å². The number of rotatable bonds is 5. The van der Waals surface area contributed by atoms with E-state index in [0.29, 0.717) is 5.75 Å². The number of ether oxygens (including phenoxy) is 1. The van der Waals surface area contributed by atoms with Crippen molar-refractivity contribution in [3.63, 3.8) is 0 Å². The van der Waals surface area contributed by atoms with Gasteiger partial charge in [0.15, 0.2) is 0 Å². The van der Waals surface area contributed by atoms with Gasteiger partial charge in [-0.1, -0.05) is 0 Å². The zero-order chi connectivity index (χ0) is 13.7. The van der Waals surface area contributed by atoms with Gasteiger partial charge in [0.05, 0.1) is 24.0 Å². The molecule has 0 aliphatic heterocycles. The van der Waals surface area contributed by atoms with E-state index in [2.05, 4.69) is 20.4 Å². The average molecular weight is 259 g/mol. The van der Waals surface area contributed by atoms with Crippen molar-refractivity contribution >= 4 is 0 Å². The lowest BCUT2D eigenvalue weighted by molar-refractivity contribution is 0.241. The summed E-state index contributed by atoms with van der Waals surface area (Å²) in [5.74, 6) is 6.32. The highest BCUT2D eigenvalue weighted by atomic mass is 16.5. The summed E-state index contributed by atoms with van der Waals surface area (Å²) >= 11 is 0. The molecule has 2 heterocycles. The van der Waals surface area contributed by atoms with E-state index in [9.17, 15) is 0 Å². The number of nitrogens with two attached hydrogens (primary N) is 1. The van der Waals surface area contributed by atoms with Crippen LogP contribution in [0.25, 0.3) is 0 Å². The Kier molecular flexibility index (Phi) is 4.38. The molecule has 100 valence electrons. The van der Waals surface area contributed by atoms with E-state index < -0.39 is 0 Å². The molecule has 2 aromatic rings. The van der Waals surface area contributed by atoms with Crippen molar-refractivity contribution in [2.75, 3.05) is 0 Å². The molecule has 0 aromatic carbocycles. The number of hydrogen-bond donors (Lipinski definition) is 2. The molecule has 1 atom stereocenters. The minimum absolute atomic E-state index is 0.0976. The maximum absolute atomic E-state index is 5.62. The number of hydrogen-bond acceptors (Lipinski definition) is 6. The lowest BCUT2D eigenvalue weighted by Gasteiger charge is -2.16. The zero-order valence-corrected chi connectivity index (χ0v) is 10.9. The van der Waals surface area contributed by atoms with Crippen molar-refractivity contribution in [1.82, 2.24) is 20.4 Å². The lowest BCUT2D eigenvalue weighted by Crippen LogP contribution is -2.29. The van der Waals surface area contributed by atoms with Crippen LogP contribution in [0.5, 0.6) is 5.75 Å². The van der Waals surface area contributed by atoms with E-state index in [-0.39, 0.29) is 12.1 Å². The van der Waals surface area contributed by atoms with Gasteiger partial charge < -0.3 is 4.74 Å². The molecule has 0 amide bonds. The molecule has 0 aliphatic rings. The van der Waals surface area contributed by atoms with E-state index in [1.54, 1.807) is 24.7 Å². The monoisotopic (exact) mass is 259 g/mol. The number of pyridine rings is 1. The van der Waals surface area contributed by atoms with Gasteiger partial charge in [0, 0.05) is 12.4 Å². The Morgan fingerprint density at radius 2 is 2.11 bits per heavy atom. The fourth-order valence-corrected chi connectivity index (χ4v) is 1.75. The predicted molar refractivity (Wildman–Crippen MR) is 71.2 cm³/mol. The summed E-state index contributed by atoms with van der Waals surface area (Å²) in [6.07, 6.45) is 6.67. The summed E-state index contributed by atoms with van der Waals surface area (Å²) in [6.45, 7) is 3.94. The third-order valence-corrected chi connectivity index (χ3v) is 2.51. The molecule has 19 heavy (non-hydrogen) atoms. The highest BCUT2D eigenvalue weighted by Gasteiger charge is 2.15. The van der Waals surface area contributed by atoms with Crippen LogP contribution in [-0.4, -0.2) is 21.1 Å². The molecule has 1 unspecified atom stereocenters. The van der Waals surface area contributed by atoms with Gasteiger partial charge in [0.2, 0.25) is 0 Å². The van der Waals surface area contributed by atoms with Gasteiger partial charge in [-0.3, -0.25) is 10.8 Å². The van der Waals surface area contributed by atoms with Crippen molar-refractivity contribution in [3.05, 3.63) is 48.3 Å². The predicted octanol–water partition coefficient (Wildman–Crippen LogP) is 1.21.